The summed E-state index contributed by atoms with van der Waals surface area (Å²) in [6.07, 6.45) is 4.07. The molecule has 1 saturated heterocycles. The first-order chi connectivity index (χ1) is 8.47. The molecule has 5 heteroatoms. The molecule has 0 aromatic rings. The van der Waals surface area contributed by atoms with Gasteiger partial charge in [0, 0.05) is 32.9 Å². The molecule has 1 aliphatic heterocycles. The molecular weight excluding hydrogens is 234 g/mol. The lowest BCUT2D eigenvalue weighted by Gasteiger charge is -2.14. The molecule has 0 radical (unpaired) electrons. The Morgan fingerprint density at radius 3 is 1.94 bits per heavy atom. The third-order valence-electron chi connectivity index (χ3n) is 2.67. The SMILES string of the molecule is CC(=O)CCCC(=O)N1CCCC1.COC(C)=O. The maximum Gasteiger partial charge on any atom is 0.302 e. The van der Waals surface area contributed by atoms with Crippen LogP contribution in [-0.2, 0) is 19.1 Å². The van der Waals surface area contributed by atoms with Crippen molar-refractivity contribution in [3.63, 3.8) is 0 Å². The molecule has 1 fully saturated rings. The van der Waals surface area contributed by atoms with Gasteiger partial charge in [0.05, 0.1) is 7.11 Å². The minimum atomic E-state index is -0.245. The van der Waals surface area contributed by atoms with Crippen LogP contribution in [0.2, 0.25) is 0 Å². The maximum absolute atomic E-state index is 11.4. The molecule has 1 amide bonds. The molecule has 0 atom stereocenters. The highest BCUT2D eigenvalue weighted by molar-refractivity contribution is 5.78. The van der Waals surface area contributed by atoms with Crippen LogP contribution in [0.15, 0.2) is 0 Å². The van der Waals surface area contributed by atoms with Gasteiger partial charge in [0.25, 0.3) is 0 Å². The van der Waals surface area contributed by atoms with Crippen molar-refractivity contribution in [2.24, 2.45) is 0 Å². The number of methoxy groups -OCH3 is 1. The second kappa shape index (κ2) is 9.62. The summed E-state index contributed by atoms with van der Waals surface area (Å²) in [5, 5.41) is 0. The molecule has 5 nitrogen and oxygen atoms in total. The van der Waals surface area contributed by atoms with Gasteiger partial charge in [0.15, 0.2) is 0 Å². The number of likely N-dealkylation sites (tertiary alicyclic amines) is 1. The summed E-state index contributed by atoms with van der Waals surface area (Å²) in [7, 11) is 1.35. The van der Waals surface area contributed by atoms with Crippen molar-refractivity contribution in [3.05, 3.63) is 0 Å². The fraction of sp³-hybridized carbons (Fsp3) is 0.769. The Hall–Kier alpha value is -1.39. The number of hydrogen-bond acceptors (Lipinski definition) is 4. The van der Waals surface area contributed by atoms with Gasteiger partial charge in [-0.05, 0) is 26.2 Å². The molecule has 0 aromatic carbocycles. The quantitative estimate of drug-likeness (QED) is 0.717. The summed E-state index contributed by atoms with van der Waals surface area (Å²) < 4.78 is 4.11. The first-order valence-corrected chi connectivity index (χ1v) is 6.29. The van der Waals surface area contributed by atoms with Crippen molar-refractivity contribution in [2.75, 3.05) is 20.2 Å². The number of carbonyl (C=O) groups is 3. The normalized spacial score (nSPS) is 13.6. The molecule has 1 rings (SSSR count). The van der Waals surface area contributed by atoms with Crippen molar-refractivity contribution in [3.8, 4) is 0 Å². The van der Waals surface area contributed by atoms with E-state index >= 15 is 0 Å². The number of hydrogen-bond donors (Lipinski definition) is 0. The fourth-order valence-electron chi connectivity index (χ4n) is 1.61. The molecule has 0 spiro atoms. The second-order valence-corrected chi connectivity index (χ2v) is 4.34. The van der Waals surface area contributed by atoms with Gasteiger partial charge in [-0.1, -0.05) is 0 Å². The van der Waals surface area contributed by atoms with E-state index in [4.69, 9.17) is 0 Å². The van der Waals surface area contributed by atoms with E-state index in [9.17, 15) is 14.4 Å². The van der Waals surface area contributed by atoms with Crippen molar-refractivity contribution in [2.45, 2.75) is 46.0 Å². The van der Waals surface area contributed by atoms with Crippen molar-refractivity contribution < 1.29 is 19.1 Å². The van der Waals surface area contributed by atoms with Crippen LogP contribution in [0, 0.1) is 0 Å². The Kier molecular flexibility index (Phi) is 8.88. The van der Waals surface area contributed by atoms with Gasteiger partial charge >= 0.3 is 5.97 Å². The van der Waals surface area contributed by atoms with Crippen molar-refractivity contribution in [1.82, 2.24) is 4.90 Å². The highest BCUT2D eigenvalue weighted by atomic mass is 16.5. The summed E-state index contributed by atoms with van der Waals surface area (Å²) in [5.41, 5.74) is 0. The number of rotatable bonds is 4. The molecule has 0 N–H and O–H groups in total. The van der Waals surface area contributed by atoms with Gasteiger partial charge in [-0.15, -0.1) is 0 Å². The molecule has 0 aliphatic carbocycles. The van der Waals surface area contributed by atoms with Crippen molar-refractivity contribution >= 4 is 17.7 Å². The first-order valence-electron chi connectivity index (χ1n) is 6.29. The van der Waals surface area contributed by atoms with E-state index in [1.807, 2.05) is 4.90 Å². The molecule has 1 aliphatic rings. The Morgan fingerprint density at radius 1 is 1.06 bits per heavy atom. The molecule has 0 saturated carbocycles. The first kappa shape index (κ1) is 16.6. The highest BCUT2D eigenvalue weighted by Gasteiger charge is 2.16. The minimum absolute atomic E-state index is 0.175. The van der Waals surface area contributed by atoms with Gasteiger partial charge in [-0.2, -0.15) is 0 Å². The minimum Gasteiger partial charge on any atom is -0.469 e. The van der Waals surface area contributed by atoms with Gasteiger partial charge in [0.2, 0.25) is 5.91 Å². The van der Waals surface area contributed by atoms with E-state index in [2.05, 4.69) is 4.74 Å². The number of Topliss-reactive ketones (excluding diaryl/α,β-unsaturated/α-hetero) is 1. The van der Waals surface area contributed by atoms with Gasteiger partial charge < -0.3 is 14.4 Å². The zero-order valence-corrected chi connectivity index (χ0v) is 11.5. The number of amides is 1. The van der Waals surface area contributed by atoms with Crippen LogP contribution in [0.5, 0.6) is 0 Å². The Morgan fingerprint density at radius 2 is 1.56 bits per heavy atom. The predicted molar refractivity (Wildman–Crippen MR) is 68.0 cm³/mol. The van der Waals surface area contributed by atoms with Gasteiger partial charge in [0.1, 0.15) is 5.78 Å². The van der Waals surface area contributed by atoms with Crippen LogP contribution in [0.3, 0.4) is 0 Å². The Balaban J connectivity index is 0.000000494. The van der Waals surface area contributed by atoms with Crippen LogP contribution in [0.1, 0.15) is 46.0 Å². The van der Waals surface area contributed by atoms with E-state index in [1.165, 1.54) is 14.0 Å². The molecule has 1 heterocycles. The Bertz CT molecular complexity index is 283. The lowest BCUT2D eigenvalue weighted by molar-refractivity contribution is -0.138. The highest BCUT2D eigenvalue weighted by Crippen LogP contribution is 2.10. The zero-order valence-electron chi connectivity index (χ0n) is 11.5. The average Bonchev–Trinajstić information content (AvgIpc) is 2.82. The lowest BCUT2D eigenvalue weighted by Crippen LogP contribution is -2.27. The van der Waals surface area contributed by atoms with Crippen molar-refractivity contribution in [1.29, 1.82) is 0 Å². The summed E-state index contributed by atoms with van der Waals surface area (Å²) in [4.78, 5) is 33.6. The van der Waals surface area contributed by atoms with Gasteiger partial charge in [-0.3, -0.25) is 9.59 Å². The molecule has 18 heavy (non-hydrogen) atoms. The van der Waals surface area contributed by atoms with E-state index in [0.717, 1.165) is 25.9 Å². The Labute approximate surface area is 108 Å². The van der Waals surface area contributed by atoms with Crippen LogP contribution in [0.4, 0.5) is 0 Å². The number of ketones is 1. The third-order valence-corrected chi connectivity index (χ3v) is 2.67. The monoisotopic (exact) mass is 257 g/mol. The standard InChI is InChI=1S/C10H17NO2.C3H6O2/c1-9(12)5-4-6-10(13)11-7-2-3-8-11;1-3(4)5-2/h2-8H2,1H3;1-2H3. The molecule has 0 bridgehead atoms. The predicted octanol–water partition coefficient (Wildman–Crippen LogP) is 1.55. The maximum atomic E-state index is 11.4. The number of carbonyl (C=O) groups excluding carboxylic acids is 3. The summed E-state index contributed by atoms with van der Waals surface area (Å²) in [6.45, 7) is 4.76. The van der Waals surface area contributed by atoms with Crippen LogP contribution < -0.4 is 0 Å². The topological polar surface area (TPSA) is 63.7 Å². The third kappa shape index (κ3) is 8.73. The second-order valence-electron chi connectivity index (χ2n) is 4.34. The number of ether oxygens (including phenoxy) is 1. The summed E-state index contributed by atoms with van der Waals surface area (Å²) >= 11 is 0. The van der Waals surface area contributed by atoms with Crippen LogP contribution in [-0.4, -0.2) is 42.8 Å². The van der Waals surface area contributed by atoms with Gasteiger partial charge in [-0.25, -0.2) is 0 Å². The molecule has 0 unspecified atom stereocenters. The van der Waals surface area contributed by atoms with Crippen LogP contribution in [0.25, 0.3) is 0 Å². The number of esters is 1. The van der Waals surface area contributed by atoms with E-state index in [0.29, 0.717) is 19.3 Å². The largest absolute Gasteiger partial charge is 0.469 e. The fourth-order valence-corrected chi connectivity index (χ4v) is 1.61. The number of nitrogens with zero attached hydrogens (tertiary/aromatic N) is 1. The summed E-state index contributed by atoms with van der Waals surface area (Å²) in [5.74, 6) is 0.151. The van der Waals surface area contributed by atoms with E-state index in [-0.39, 0.29) is 17.7 Å². The average molecular weight is 257 g/mol. The smallest absolute Gasteiger partial charge is 0.302 e. The molecule has 104 valence electrons. The van der Waals surface area contributed by atoms with E-state index < -0.39 is 0 Å². The van der Waals surface area contributed by atoms with Crippen LogP contribution >= 0.6 is 0 Å². The zero-order chi connectivity index (χ0) is 14.0. The molecule has 0 aromatic heterocycles. The lowest BCUT2D eigenvalue weighted by atomic mass is 10.2. The summed E-state index contributed by atoms with van der Waals surface area (Å²) in [6, 6.07) is 0. The van der Waals surface area contributed by atoms with E-state index in [1.54, 1.807) is 6.92 Å². The molecular formula is C13H23NO4.